The van der Waals surface area contributed by atoms with Crippen LogP contribution in [-0.2, 0) is 7.05 Å². The minimum Gasteiger partial charge on any atom is -0.392 e. The molecule has 4 nitrogen and oxygen atoms in total. The van der Waals surface area contributed by atoms with Crippen LogP contribution in [0.2, 0.25) is 0 Å². The van der Waals surface area contributed by atoms with Crippen molar-refractivity contribution in [3.63, 3.8) is 0 Å². The van der Waals surface area contributed by atoms with Crippen molar-refractivity contribution in [3.8, 4) is 0 Å². The molecule has 16 heavy (non-hydrogen) atoms. The maximum atomic E-state index is 9.64. The summed E-state index contributed by atoms with van der Waals surface area (Å²) in [5.74, 6) is 0. The van der Waals surface area contributed by atoms with Gasteiger partial charge in [-0.2, -0.15) is 5.10 Å². The lowest BCUT2D eigenvalue weighted by Crippen LogP contribution is -2.29. The molecular weight excluding hydrogens is 202 g/mol. The van der Waals surface area contributed by atoms with Crippen molar-refractivity contribution < 1.29 is 5.11 Å². The van der Waals surface area contributed by atoms with E-state index in [0.29, 0.717) is 6.54 Å². The van der Waals surface area contributed by atoms with E-state index in [9.17, 15) is 5.11 Å². The van der Waals surface area contributed by atoms with E-state index in [4.69, 9.17) is 0 Å². The normalized spacial score (nSPS) is 15.1. The second-order valence-electron chi connectivity index (χ2n) is 4.38. The number of rotatable bonds is 6. The lowest BCUT2D eigenvalue weighted by atomic mass is 10.1. The molecule has 0 amide bonds. The van der Waals surface area contributed by atoms with Crippen molar-refractivity contribution >= 4 is 0 Å². The van der Waals surface area contributed by atoms with Crippen molar-refractivity contribution in [2.45, 2.75) is 45.8 Å². The molecule has 0 aromatic carbocycles. The summed E-state index contributed by atoms with van der Waals surface area (Å²) in [6.45, 7) is 6.88. The fraction of sp³-hybridized carbons (Fsp3) is 0.750. The molecule has 0 aliphatic carbocycles. The lowest BCUT2D eigenvalue weighted by Gasteiger charge is -2.16. The summed E-state index contributed by atoms with van der Waals surface area (Å²) >= 11 is 0. The third-order valence-electron chi connectivity index (χ3n) is 3.02. The molecule has 2 N–H and O–H groups in total. The zero-order valence-electron chi connectivity index (χ0n) is 10.7. The molecule has 1 heterocycles. The maximum absolute atomic E-state index is 9.64. The van der Waals surface area contributed by atoms with Crippen LogP contribution in [0.4, 0.5) is 0 Å². The molecule has 0 radical (unpaired) electrons. The number of nitrogens with zero attached hydrogens (tertiary/aromatic N) is 2. The van der Waals surface area contributed by atoms with Crippen molar-refractivity contribution in [2.24, 2.45) is 7.05 Å². The van der Waals surface area contributed by atoms with Crippen molar-refractivity contribution in [3.05, 3.63) is 17.5 Å². The maximum Gasteiger partial charge on any atom is 0.0664 e. The van der Waals surface area contributed by atoms with E-state index in [-0.39, 0.29) is 12.1 Å². The zero-order chi connectivity index (χ0) is 12.1. The van der Waals surface area contributed by atoms with Gasteiger partial charge in [-0.25, -0.2) is 0 Å². The third kappa shape index (κ3) is 3.32. The van der Waals surface area contributed by atoms with Crippen LogP contribution in [-0.4, -0.2) is 27.5 Å². The largest absolute Gasteiger partial charge is 0.392 e. The quantitative estimate of drug-likeness (QED) is 0.772. The van der Waals surface area contributed by atoms with E-state index in [1.807, 2.05) is 17.9 Å². The molecule has 4 heteroatoms. The van der Waals surface area contributed by atoms with Crippen LogP contribution in [0.3, 0.4) is 0 Å². The van der Waals surface area contributed by atoms with E-state index in [0.717, 1.165) is 12.8 Å². The summed E-state index contributed by atoms with van der Waals surface area (Å²) in [4.78, 5) is 0. The van der Waals surface area contributed by atoms with Gasteiger partial charge >= 0.3 is 0 Å². The van der Waals surface area contributed by atoms with Gasteiger partial charge in [0.2, 0.25) is 0 Å². The molecule has 0 saturated carbocycles. The van der Waals surface area contributed by atoms with E-state index < -0.39 is 0 Å². The molecule has 0 bridgehead atoms. The van der Waals surface area contributed by atoms with E-state index >= 15 is 0 Å². The molecule has 0 fully saturated rings. The first-order valence-electron chi connectivity index (χ1n) is 5.96. The standard InChI is InChI=1S/C12H23N3O/c1-5-6-11(16)7-13-9(2)12-8-14-15(4)10(12)3/h8-9,11,13,16H,5-7H2,1-4H3. The van der Waals surface area contributed by atoms with Crippen LogP contribution in [0.5, 0.6) is 0 Å². The van der Waals surface area contributed by atoms with Gasteiger partial charge in [0.05, 0.1) is 12.3 Å². The molecule has 92 valence electrons. The van der Waals surface area contributed by atoms with Gasteiger partial charge in [0.25, 0.3) is 0 Å². The molecule has 2 unspecified atom stereocenters. The lowest BCUT2D eigenvalue weighted by molar-refractivity contribution is 0.157. The third-order valence-corrected chi connectivity index (χ3v) is 3.02. The highest BCUT2D eigenvalue weighted by molar-refractivity contribution is 5.19. The molecule has 2 atom stereocenters. The Balaban J connectivity index is 2.46. The first kappa shape index (κ1) is 13.2. The smallest absolute Gasteiger partial charge is 0.0664 e. The average molecular weight is 225 g/mol. The van der Waals surface area contributed by atoms with Crippen LogP contribution in [0.25, 0.3) is 0 Å². The molecule has 0 saturated heterocycles. The number of aromatic nitrogens is 2. The number of aryl methyl sites for hydroxylation is 1. The Bertz CT molecular complexity index is 322. The minimum absolute atomic E-state index is 0.236. The van der Waals surface area contributed by atoms with Gasteiger partial charge in [-0.15, -0.1) is 0 Å². The average Bonchev–Trinajstić information content (AvgIpc) is 2.57. The summed E-state index contributed by atoms with van der Waals surface area (Å²) in [6.07, 6.45) is 3.51. The second-order valence-corrected chi connectivity index (χ2v) is 4.38. The molecular formula is C12H23N3O. The van der Waals surface area contributed by atoms with Gasteiger partial charge in [0.1, 0.15) is 0 Å². The summed E-state index contributed by atoms with van der Waals surface area (Å²) in [6, 6.07) is 0.236. The fourth-order valence-corrected chi connectivity index (χ4v) is 1.80. The Morgan fingerprint density at radius 3 is 2.75 bits per heavy atom. The monoisotopic (exact) mass is 225 g/mol. The minimum atomic E-state index is -0.246. The highest BCUT2D eigenvalue weighted by atomic mass is 16.3. The van der Waals surface area contributed by atoms with Crippen LogP contribution in [0, 0.1) is 6.92 Å². The number of hydrogen-bond donors (Lipinski definition) is 2. The Labute approximate surface area is 97.7 Å². The number of aliphatic hydroxyl groups excluding tert-OH is 1. The van der Waals surface area contributed by atoms with Crippen molar-refractivity contribution in [2.75, 3.05) is 6.54 Å². The van der Waals surface area contributed by atoms with Crippen LogP contribution in [0.1, 0.15) is 44.0 Å². The number of hydrogen-bond acceptors (Lipinski definition) is 3. The molecule has 1 aromatic rings. The predicted molar refractivity (Wildman–Crippen MR) is 65.3 cm³/mol. The summed E-state index contributed by atoms with van der Waals surface area (Å²) < 4.78 is 1.87. The van der Waals surface area contributed by atoms with Crippen molar-refractivity contribution in [1.29, 1.82) is 0 Å². The topological polar surface area (TPSA) is 50.1 Å². The van der Waals surface area contributed by atoms with Crippen molar-refractivity contribution in [1.82, 2.24) is 15.1 Å². The second kappa shape index (κ2) is 6.01. The Kier molecular flexibility index (Phi) is 4.96. The number of aliphatic hydroxyl groups is 1. The molecule has 0 aliphatic heterocycles. The summed E-state index contributed by atoms with van der Waals surface area (Å²) in [7, 11) is 1.94. The number of nitrogens with one attached hydrogen (secondary N) is 1. The fourth-order valence-electron chi connectivity index (χ4n) is 1.80. The van der Waals surface area contributed by atoms with E-state index in [2.05, 4.69) is 31.2 Å². The Hall–Kier alpha value is -0.870. The van der Waals surface area contributed by atoms with Crippen LogP contribution < -0.4 is 5.32 Å². The Morgan fingerprint density at radius 2 is 2.25 bits per heavy atom. The van der Waals surface area contributed by atoms with Crippen LogP contribution >= 0.6 is 0 Å². The van der Waals surface area contributed by atoms with Gasteiger partial charge in [-0.3, -0.25) is 4.68 Å². The molecule has 1 rings (SSSR count). The van der Waals surface area contributed by atoms with E-state index in [1.54, 1.807) is 0 Å². The highest BCUT2D eigenvalue weighted by Crippen LogP contribution is 2.15. The first-order chi connectivity index (χ1) is 7.56. The van der Waals surface area contributed by atoms with Gasteiger partial charge < -0.3 is 10.4 Å². The zero-order valence-corrected chi connectivity index (χ0v) is 10.7. The SMILES string of the molecule is CCCC(O)CNC(C)c1cnn(C)c1C. The highest BCUT2D eigenvalue weighted by Gasteiger charge is 2.12. The van der Waals surface area contributed by atoms with Crippen LogP contribution in [0.15, 0.2) is 6.20 Å². The summed E-state index contributed by atoms with van der Waals surface area (Å²) in [5, 5.41) is 17.2. The molecule has 1 aromatic heterocycles. The summed E-state index contributed by atoms with van der Waals surface area (Å²) in [5.41, 5.74) is 2.37. The van der Waals surface area contributed by atoms with Gasteiger partial charge in [0.15, 0.2) is 0 Å². The van der Waals surface area contributed by atoms with Gasteiger partial charge in [-0.1, -0.05) is 13.3 Å². The molecule has 0 spiro atoms. The first-order valence-corrected chi connectivity index (χ1v) is 5.96. The van der Waals surface area contributed by atoms with Gasteiger partial charge in [0, 0.05) is 30.9 Å². The molecule has 0 aliphatic rings. The predicted octanol–water partition coefficient (Wildman–Crippen LogP) is 1.54. The van der Waals surface area contributed by atoms with Gasteiger partial charge in [-0.05, 0) is 20.3 Å². The van der Waals surface area contributed by atoms with E-state index in [1.165, 1.54) is 11.3 Å². The Morgan fingerprint density at radius 1 is 1.56 bits per heavy atom.